The zero-order chi connectivity index (χ0) is 21.6. The van der Waals surface area contributed by atoms with Crippen LogP contribution in [-0.2, 0) is 11.3 Å². The van der Waals surface area contributed by atoms with E-state index in [1.54, 1.807) is 7.05 Å². The third-order valence-electron chi connectivity index (χ3n) is 5.33. The molecule has 0 fully saturated rings. The van der Waals surface area contributed by atoms with Crippen molar-refractivity contribution < 1.29 is 4.79 Å². The van der Waals surface area contributed by atoms with Gasteiger partial charge in [-0.1, -0.05) is 39.8 Å². The van der Waals surface area contributed by atoms with E-state index in [4.69, 9.17) is 0 Å². The van der Waals surface area contributed by atoms with E-state index in [1.807, 2.05) is 38.1 Å². The monoisotopic (exact) mass is 403 g/mol. The van der Waals surface area contributed by atoms with Gasteiger partial charge in [-0.05, 0) is 63.5 Å². The molecule has 3 N–H and O–H groups in total. The molecule has 6 nitrogen and oxygen atoms in total. The summed E-state index contributed by atoms with van der Waals surface area (Å²) in [5.41, 5.74) is 1.94. The lowest BCUT2D eigenvalue weighted by molar-refractivity contribution is -0.119. The summed E-state index contributed by atoms with van der Waals surface area (Å²) in [7, 11) is 1.79. The van der Waals surface area contributed by atoms with Crippen LogP contribution < -0.4 is 16.0 Å². The highest BCUT2D eigenvalue weighted by Crippen LogP contribution is 2.13. The van der Waals surface area contributed by atoms with Crippen molar-refractivity contribution in [3.05, 3.63) is 29.8 Å². The van der Waals surface area contributed by atoms with E-state index in [9.17, 15) is 4.79 Å². The number of anilines is 1. The number of benzene rings is 1. The summed E-state index contributed by atoms with van der Waals surface area (Å²) >= 11 is 0. The first-order valence-corrected chi connectivity index (χ1v) is 11.0. The van der Waals surface area contributed by atoms with Gasteiger partial charge < -0.3 is 20.9 Å². The number of nitrogens with zero attached hydrogens (tertiary/aromatic N) is 2. The molecule has 0 aliphatic rings. The van der Waals surface area contributed by atoms with Crippen LogP contribution in [0.1, 0.15) is 59.4 Å². The summed E-state index contributed by atoms with van der Waals surface area (Å²) in [6, 6.07) is 8.31. The molecular weight excluding hydrogens is 362 g/mol. The van der Waals surface area contributed by atoms with Crippen LogP contribution in [0.25, 0.3) is 0 Å². The summed E-state index contributed by atoms with van der Waals surface area (Å²) in [5, 5.41) is 9.83. The Morgan fingerprint density at radius 1 is 1.17 bits per heavy atom. The van der Waals surface area contributed by atoms with Gasteiger partial charge in [-0.25, -0.2) is 0 Å². The average Bonchev–Trinajstić information content (AvgIpc) is 2.73. The Balaban J connectivity index is 2.47. The minimum absolute atomic E-state index is 0.0167. The molecule has 0 bridgehead atoms. The zero-order valence-electron chi connectivity index (χ0n) is 19.2. The van der Waals surface area contributed by atoms with Crippen molar-refractivity contribution in [3.63, 3.8) is 0 Å². The van der Waals surface area contributed by atoms with Gasteiger partial charge in [0.1, 0.15) is 0 Å². The second-order valence-corrected chi connectivity index (χ2v) is 7.64. The smallest absolute Gasteiger partial charge is 0.227 e. The Morgan fingerprint density at radius 2 is 1.90 bits per heavy atom. The van der Waals surface area contributed by atoms with Crippen LogP contribution in [-0.4, -0.2) is 49.5 Å². The Morgan fingerprint density at radius 3 is 2.52 bits per heavy atom. The molecule has 0 spiro atoms. The quantitative estimate of drug-likeness (QED) is 0.366. The van der Waals surface area contributed by atoms with Crippen LogP contribution in [0.3, 0.4) is 0 Å². The molecule has 0 radical (unpaired) electrons. The minimum Gasteiger partial charge on any atom is -0.354 e. The maximum Gasteiger partial charge on any atom is 0.227 e. The van der Waals surface area contributed by atoms with Crippen LogP contribution in [0.4, 0.5) is 5.69 Å². The molecule has 0 aliphatic carbocycles. The molecule has 29 heavy (non-hydrogen) atoms. The highest BCUT2D eigenvalue weighted by atomic mass is 16.1. The summed E-state index contributed by atoms with van der Waals surface area (Å²) in [6.07, 6.45) is 3.11. The van der Waals surface area contributed by atoms with E-state index < -0.39 is 0 Å². The molecule has 1 aromatic rings. The lowest BCUT2D eigenvalue weighted by Crippen LogP contribution is -2.42. The van der Waals surface area contributed by atoms with Crippen LogP contribution in [0.15, 0.2) is 29.3 Å². The Kier molecular flexibility index (Phi) is 12.0. The number of amides is 1. The highest BCUT2D eigenvalue weighted by Gasteiger charge is 2.11. The van der Waals surface area contributed by atoms with E-state index in [2.05, 4.69) is 46.6 Å². The molecule has 0 saturated heterocycles. The SMILES string of the molecule is CCC(C)C(=O)Nc1cccc(CNC(=NC)NC(C)CCCN(CC)CC)c1. The van der Waals surface area contributed by atoms with Crippen molar-refractivity contribution in [3.8, 4) is 0 Å². The summed E-state index contributed by atoms with van der Waals surface area (Å²) in [4.78, 5) is 18.9. The number of nitrogens with one attached hydrogen (secondary N) is 3. The number of guanidine groups is 1. The van der Waals surface area contributed by atoms with E-state index in [-0.39, 0.29) is 11.8 Å². The molecule has 164 valence electrons. The molecule has 0 heterocycles. The van der Waals surface area contributed by atoms with Gasteiger partial charge in [-0.3, -0.25) is 9.79 Å². The maximum atomic E-state index is 12.1. The Bertz CT molecular complexity index is 627. The van der Waals surface area contributed by atoms with E-state index in [0.717, 1.165) is 49.7 Å². The molecule has 0 aromatic heterocycles. The van der Waals surface area contributed by atoms with E-state index in [0.29, 0.717) is 12.6 Å². The molecular formula is C23H41N5O. The van der Waals surface area contributed by atoms with Crippen LogP contribution in [0, 0.1) is 5.92 Å². The van der Waals surface area contributed by atoms with Crippen molar-refractivity contribution in [2.45, 2.75) is 66.5 Å². The number of aliphatic imine (C=N–C) groups is 1. The summed E-state index contributed by atoms with van der Waals surface area (Å²) in [5.74, 6) is 0.881. The minimum atomic E-state index is 0.0167. The number of carbonyl (C=O) groups excluding carboxylic acids is 1. The second-order valence-electron chi connectivity index (χ2n) is 7.64. The Labute approximate surface area is 177 Å². The highest BCUT2D eigenvalue weighted by molar-refractivity contribution is 5.92. The van der Waals surface area contributed by atoms with Gasteiger partial charge >= 0.3 is 0 Å². The van der Waals surface area contributed by atoms with Crippen molar-refractivity contribution in [2.75, 3.05) is 32.0 Å². The largest absolute Gasteiger partial charge is 0.354 e. The second kappa shape index (κ2) is 14.0. The lowest BCUT2D eigenvalue weighted by Gasteiger charge is -2.21. The first-order chi connectivity index (χ1) is 13.9. The predicted octanol–water partition coefficient (Wildman–Crippen LogP) is 3.85. The molecule has 1 rings (SSSR count). The van der Waals surface area contributed by atoms with Crippen LogP contribution in [0.2, 0.25) is 0 Å². The fourth-order valence-electron chi connectivity index (χ4n) is 3.06. The van der Waals surface area contributed by atoms with Gasteiger partial charge in [0.25, 0.3) is 0 Å². The van der Waals surface area contributed by atoms with Gasteiger partial charge in [-0.15, -0.1) is 0 Å². The van der Waals surface area contributed by atoms with Crippen molar-refractivity contribution in [2.24, 2.45) is 10.9 Å². The van der Waals surface area contributed by atoms with Crippen molar-refractivity contribution in [1.29, 1.82) is 0 Å². The van der Waals surface area contributed by atoms with Gasteiger partial charge in [-0.2, -0.15) is 0 Å². The summed E-state index contributed by atoms with van der Waals surface area (Å²) < 4.78 is 0. The van der Waals surface area contributed by atoms with Crippen molar-refractivity contribution >= 4 is 17.6 Å². The molecule has 6 heteroatoms. The van der Waals surface area contributed by atoms with Crippen LogP contribution in [0.5, 0.6) is 0 Å². The average molecular weight is 404 g/mol. The zero-order valence-corrected chi connectivity index (χ0v) is 19.2. The number of carbonyl (C=O) groups is 1. The van der Waals surface area contributed by atoms with Crippen LogP contribution >= 0.6 is 0 Å². The third-order valence-corrected chi connectivity index (χ3v) is 5.33. The third kappa shape index (κ3) is 9.79. The molecule has 0 saturated carbocycles. The fourth-order valence-corrected chi connectivity index (χ4v) is 3.06. The molecule has 1 aromatic carbocycles. The standard InChI is InChI=1S/C23H41N5O/c1-7-18(4)22(29)27-21-14-10-13-20(16-21)17-25-23(24-6)26-19(5)12-11-15-28(8-2)9-3/h10,13-14,16,18-19H,7-9,11-12,15,17H2,1-6H3,(H,27,29)(H2,24,25,26). The molecule has 0 aliphatic heterocycles. The maximum absolute atomic E-state index is 12.1. The van der Waals surface area contributed by atoms with Crippen molar-refractivity contribution in [1.82, 2.24) is 15.5 Å². The van der Waals surface area contributed by atoms with Gasteiger partial charge in [0, 0.05) is 31.2 Å². The van der Waals surface area contributed by atoms with Gasteiger partial charge in [0.2, 0.25) is 5.91 Å². The first-order valence-electron chi connectivity index (χ1n) is 11.0. The molecule has 2 atom stereocenters. The van der Waals surface area contributed by atoms with Gasteiger partial charge in [0.15, 0.2) is 5.96 Å². The molecule has 1 amide bonds. The first kappa shape index (κ1) is 25.0. The summed E-state index contributed by atoms with van der Waals surface area (Å²) in [6.45, 7) is 14.6. The fraction of sp³-hybridized carbons (Fsp3) is 0.652. The number of rotatable bonds is 12. The van der Waals surface area contributed by atoms with E-state index >= 15 is 0 Å². The Hall–Kier alpha value is -2.08. The molecule has 2 unspecified atom stereocenters. The predicted molar refractivity (Wildman–Crippen MR) is 124 cm³/mol. The topological polar surface area (TPSA) is 68.8 Å². The number of hydrogen-bond donors (Lipinski definition) is 3. The number of hydrogen-bond acceptors (Lipinski definition) is 3. The van der Waals surface area contributed by atoms with Gasteiger partial charge in [0.05, 0.1) is 0 Å². The normalized spacial score (nSPS) is 13.8. The lowest BCUT2D eigenvalue weighted by atomic mass is 10.1. The van der Waals surface area contributed by atoms with E-state index in [1.165, 1.54) is 6.42 Å².